The van der Waals surface area contributed by atoms with Gasteiger partial charge in [-0.1, -0.05) is 22.7 Å². The first-order chi connectivity index (χ1) is 10.5. The lowest BCUT2D eigenvalue weighted by atomic mass is 10.3. The Morgan fingerprint density at radius 2 is 1.32 bits per heavy atom. The highest BCUT2D eigenvalue weighted by Crippen LogP contribution is 2.43. The lowest BCUT2D eigenvalue weighted by molar-refractivity contribution is 1.46. The van der Waals surface area contributed by atoms with E-state index < -0.39 is 0 Å². The Balaban J connectivity index is 1.80. The van der Waals surface area contributed by atoms with Gasteiger partial charge in [0.1, 0.15) is 10.0 Å². The molecule has 0 saturated carbocycles. The summed E-state index contributed by atoms with van der Waals surface area (Å²) >= 11 is 10.5. The van der Waals surface area contributed by atoms with E-state index in [2.05, 4.69) is 48.8 Å². The van der Waals surface area contributed by atoms with Gasteiger partial charge in [0.05, 0.1) is 13.5 Å². The number of aromatic nitrogens is 2. The number of aryl methyl sites for hydroxylation is 3. The number of thiophene rings is 2. The number of rotatable bonds is 2. The van der Waals surface area contributed by atoms with Crippen molar-refractivity contribution in [3.63, 3.8) is 0 Å². The largest absolute Gasteiger partial charge is 0.222 e. The SMILES string of the molecule is Cc1cc(C)c(-c2nc3sc(-c4sc(Br)cc4C)nc3s2)s1. The zero-order valence-electron chi connectivity index (χ0n) is 12.1. The van der Waals surface area contributed by atoms with E-state index in [-0.39, 0.29) is 0 Å². The van der Waals surface area contributed by atoms with Crippen LogP contribution >= 0.6 is 61.3 Å². The van der Waals surface area contributed by atoms with Crippen LogP contribution in [0.3, 0.4) is 0 Å². The van der Waals surface area contributed by atoms with Crippen LogP contribution in [0.1, 0.15) is 16.0 Å². The third kappa shape index (κ3) is 2.49. The molecular weight excluding hydrogens is 416 g/mol. The molecular formula is C15H11BrN2S4. The highest BCUT2D eigenvalue weighted by atomic mass is 79.9. The minimum Gasteiger partial charge on any atom is -0.222 e. The van der Waals surface area contributed by atoms with Gasteiger partial charge in [-0.15, -0.1) is 22.7 Å². The summed E-state index contributed by atoms with van der Waals surface area (Å²) in [7, 11) is 0. The first-order valence-electron chi connectivity index (χ1n) is 6.62. The van der Waals surface area contributed by atoms with Crippen molar-refractivity contribution in [2.75, 3.05) is 0 Å². The predicted molar refractivity (Wildman–Crippen MR) is 104 cm³/mol. The number of hydrogen-bond acceptors (Lipinski definition) is 6. The van der Waals surface area contributed by atoms with Crippen LogP contribution in [0.5, 0.6) is 0 Å². The lowest BCUT2D eigenvalue weighted by Gasteiger charge is -1.93. The fraction of sp³-hybridized carbons (Fsp3) is 0.200. The van der Waals surface area contributed by atoms with Crippen molar-refractivity contribution in [1.29, 1.82) is 0 Å². The number of fused-ring (bicyclic) bond motifs is 1. The van der Waals surface area contributed by atoms with Crippen LogP contribution in [0.25, 0.3) is 29.4 Å². The van der Waals surface area contributed by atoms with Gasteiger partial charge in [-0.05, 0) is 60.0 Å². The molecule has 4 aromatic rings. The third-order valence-electron chi connectivity index (χ3n) is 3.29. The standard InChI is InChI=1S/C15H11BrN2S4/c1-6-4-8(3)19-10(6)12-17-14-15(21-12)18-13(22-14)11-7(2)5-9(16)20-11/h4-5H,1-3H3. The van der Waals surface area contributed by atoms with E-state index >= 15 is 0 Å². The summed E-state index contributed by atoms with van der Waals surface area (Å²) in [6.07, 6.45) is 0. The monoisotopic (exact) mass is 426 g/mol. The number of halogens is 1. The third-order valence-corrected chi connectivity index (χ3v) is 8.52. The molecule has 0 unspecified atom stereocenters. The summed E-state index contributed by atoms with van der Waals surface area (Å²) in [4.78, 5) is 15.6. The molecule has 0 bridgehead atoms. The first kappa shape index (κ1) is 15.0. The highest BCUT2D eigenvalue weighted by Gasteiger charge is 2.17. The van der Waals surface area contributed by atoms with Crippen molar-refractivity contribution in [2.45, 2.75) is 20.8 Å². The first-order valence-corrected chi connectivity index (χ1v) is 10.7. The Morgan fingerprint density at radius 3 is 1.77 bits per heavy atom. The van der Waals surface area contributed by atoms with E-state index in [1.54, 1.807) is 34.0 Å². The highest BCUT2D eigenvalue weighted by molar-refractivity contribution is 9.11. The Kier molecular flexibility index (Phi) is 3.73. The molecule has 0 aliphatic heterocycles. The zero-order chi connectivity index (χ0) is 15.4. The number of thiazole rings is 2. The van der Waals surface area contributed by atoms with Gasteiger partial charge < -0.3 is 0 Å². The molecule has 2 nitrogen and oxygen atoms in total. The molecule has 0 spiro atoms. The van der Waals surface area contributed by atoms with Crippen molar-refractivity contribution in [2.24, 2.45) is 0 Å². The van der Waals surface area contributed by atoms with E-state index in [4.69, 9.17) is 9.97 Å². The summed E-state index contributed by atoms with van der Waals surface area (Å²) in [5, 5.41) is 2.17. The van der Waals surface area contributed by atoms with Crippen LogP contribution in [-0.2, 0) is 0 Å². The molecule has 0 aromatic carbocycles. The van der Waals surface area contributed by atoms with E-state index in [9.17, 15) is 0 Å². The topological polar surface area (TPSA) is 25.8 Å². The summed E-state index contributed by atoms with van der Waals surface area (Å²) in [6, 6.07) is 4.37. The number of hydrogen-bond donors (Lipinski definition) is 0. The van der Waals surface area contributed by atoms with E-state index in [1.807, 2.05) is 11.3 Å². The minimum atomic E-state index is 1.05. The van der Waals surface area contributed by atoms with Crippen LogP contribution in [0.2, 0.25) is 0 Å². The van der Waals surface area contributed by atoms with Crippen molar-refractivity contribution in [3.05, 3.63) is 31.9 Å². The molecule has 7 heteroatoms. The van der Waals surface area contributed by atoms with Crippen LogP contribution in [-0.4, -0.2) is 9.97 Å². The molecule has 0 amide bonds. The van der Waals surface area contributed by atoms with Gasteiger partial charge in [-0.3, -0.25) is 0 Å². The van der Waals surface area contributed by atoms with Gasteiger partial charge in [-0.25, -0.2) is 9.97 Å². The van der Waals surface area contributed by atoms with Crippen molar-refractivity contribution in [1.82, 2.24) is 9.97 Å². The van der Waals surface area contributed by atoms with Crippen molar-refractivity contribution in [3.8, 4) is 19.8 Å². The Labute approximate surface area is 152 Å². The maximum Gasteiger partial charge on any atom is 0.155 e. The average Bonchev–Trinajstić information content (AvgIpc) is 3.12. The molecule has 22 heavy (non-hydrogen) atoms. The fourth-order valence-electron chi connectivity index (χ4n) is 2.35. The minimum absolute atomic E-state index is 1.05. The molecule has 0 aliphatic carbocycles. The Morgan fingerprint density at radius 1 is 0.773 bits per heavy atom. The second kappa shape index (κ2) is 5.49. The molecule has 112 valence electrons. The second-order valence-corrected chi connectivity index (χ2v) is 10.7. The Hall–Kier alpha value is -0.600. The Bertz CT molecular complexity index is 882. The van der Waals surface area contributed by atoms with Crippen LogP contribution in [0, 0.1) is 20.8 Å². The lowest BCUT2D eigenvalue weighted by Crippen LogP contribution is -1.73. The van der Waals surface area contributed by atoms with Crippen molar-refractivity contribution < 1.29 is 0 Å². The molecule has 0 radical (unpaired) electrons. The van der Waals surface area contributed by atoms with Gasteiger partial charge in [0.2, 0.25) is 0 Å². The normalized spacial score (nSPS) is 11.6. The predicted octanol–water partition coefficient (Wildman–Crippen LogP) is 6.90. The van der Waals surface area contributed by atoms with Crippen LogP contribution < -0.4 is 0 Å². The van der Waals surface area contributed by atoms with E-state index in [0.29, 0.717) is 0 Å². The van der Waals surface area contributed by atoms with Gasteiger partial charge in [0, 0.05) is 4.88 Å². The fourth-order valence-corrected chi connectivity index (χ4v) is 7.42. The van der Waals surface area contributed by atoms with Crippen LogP contribution in [0.15, 0.2) is 15.9 Å². The summed E-state index contributed by atoms with van der Waals surface area (Å²) in [5.41, 5.74) is 2.57. The second-order valence-electron chi connectivity index (χ2n) is 5.08. The molecule has 4 rings (SSSR count). The molecule has 0 N–H and O–H groups in total. The molecule has 0 atom stereocenters. The summed E-state index contributed by atoms with van der Waals surface area (Å²) < 4.78 is 1.15. The molecule has 0 saturated heterocycles. The molecule has 4 aromatic heterocycles. The molecule has 0 aliphatic rings. The quantitative estimate of drug-likeness (QED) is 0.348. The molecule has 0 fully saturated rings. The van der Waals surface area contributed by atoms with Crippen molar-refractivity contribution >= 4 is 70.9 Å². The summed E-state index contributed by atoms with van der Waals surface area (Å²) in [5.74, 6) is 0. The smallest absolute Gasteiger partial charge is 0.155 e. The van der Waals surface area contributed by atoms with Gasteiger partial charge in [0.15, 0.2) is 9.66 Å². The summed E-state index contributed by atoms with van der Waals surface area (Å²) in [6.45, 7) is 6.42. The maximum atomic E-state index is 4.82. The van der Waals surface area contributed by atoms with Crippen LogP contribution in [0.4, 0.5) is 0 Å². The van der Waals surface area contributed by atoms with Gasteiger partial charge >= 0.3 is 0 Å². The molecule has 4 heterocycles. The maximum absolute atomic E-state index is 4.82. The van der Waals surface area contributed by atoms with Gasteiger partial charge in [0.25, 0.3) is 0 Å². The average molecular weight is 427 g/mol. The zero-order valence-corrected chi connectivity index (χ0v) is 16.9. The van der Waals surface area contributed by atoms with E-state index in [0.717, 1.165) is 23.5 Å². The van der Waals surface area contributed by atoms with Gasteiger partial charge in [-0.2, -0.15) is 0 Å². The van der Waals surface area contributed by atoms with E-state index in [1.165, 1.54) is 25.8 Å². The number of nitrogens with zero attached hydrogens (tertiary/aromatic N) is 2.